The highest BCUT2D eigenvalue weighted by molar-refractivity contribution is 7.90. The molecule has 4 nitrogen and oxygen atoms in total. The lowest BCUT2D eigenvalue weighted by molar-refractivity contribution is -0.118. The van der Waals surface area contributed by atoms with Gasteiger partial charge in [0.15, 0.2) is 0 Å². The summed E-state index contributed by atoms with van der Waals surface area (Å²) in [4.78, 5) is 11.9. The van der Waals surface area contributed by atoms with E-state index in [0.717, 1.165) is 12.0 Å². The number of nitrogens with one attached hydrogen (secondary N) is 1. The molecule has 1 N–H and O–H groups in total. The molecule has 0 spiro atoms. The van der Waals surface area contributed by atoms with Gasteiger partial charge in [-0.2, -0.15) is 0 Å². The Hall–Kier alpha value is -2.14. The molecule has 5 heteroatoms. The Balaban J connectivity index is 2.04. The first-order valence-corrected chi connectivity index (χ1v) is 8.18. The Morgan fingerprint density at radius 3 is 2.10 bits per heavy atom. The molecule has 0 bridgehead atoms. The van der Waals surface area contributed by atoms with Gasteiger partial charge in [-0.3, -0.25) is 4.79 Å². The van der Waals surface area contributed by atoms with Crippen LogP contribution in [-0.2, 0) is 27.7 Å². The quantitative estimate of drug-likeness (QED) is 0.922. The predicted octanol–water partition coefficient (Wildman–Crippen LogP) is 2.30. The van der Waals surface area contributed by atoms with Gasteiger partial charge in [0.2, 0.25) is 5.91 Å². The third-order valence-electron chi connectivity index (χ3n) is 3.10. The van der Waals surface area contributed by atoms with E-state index < -0.39 is 15.9 Å². The fourth-order valence-corrected chi connectivity index (χ4v) is 2.93. The molecule has 0 fully saturated rings. The van der Waals surface area contributed by atoms with E-state index in [-0.39, 0.29) is 11.3 Å². The minimum absolute atomic E-state index is 0.0378. The molecule has 0 aliphatic heterocycles. The molecule has 2 aromatic carbocycles. The van der Waals surface area contributed by atoms with Crippen LogP contribution in [0.1, 0.15) is 18.1 Å². The summed E-state index contributed by atoms with van der Waals surface area (Å²) >= 11 is 0. The second kappa shape index (κ2) is 6.54. The number of carbonyl (C=O) groups is 1. The maximum absolute atomic E-state index is 12.0. The number of sulfonamides is 1. The average molecular weight is 303 g/mol. The van der Waals surface area contributed by atoms with E-state index in [0.29, 0.717) is 0 Å². The maximum Gasteiger partial charge on any atom is 0.264 e. The Morgan fingerprint density at radius 1 is 0.952 bits per heavy atom. The van der Waals surface area contributed by atoms with Crippen LogP contribution in [0.25, 0.3) is 0 Å². The van der Waals surface area contributed by atoms with Crippen LogP contribution in [-0.4, -0.2) is 14.3 Å². The Morgan fingerprint density at radius 2 is 1.52 bits per heavy atom. The van der Waals surface area contributed by atoms with Crippen LogP contribution in [0.4, 0.5) is 0 Å². The fraction of sp³-hybridized carbons (Fsp3) is 0.188. The lowest BCUT2D eigenvalue weighted by Crippen LogP contribution is -2.31. The molecule has 0 radical (unpaired) electrons. The minimum Gasteiger partial charge on any atom is -0.274 e. The van der Waals surface area contributed by atoms with Crippen molar-refractivity contribution in [2.24, 2.45) is 0 Å². The molecule has 0 aliphatic rings. The summed E-state index contributed by atoms with van der Waals surface area (Å²) < 4.78 is 26.1. The lowest BCUT2D eigenvalue weighted by atomic mass is 10.1. The number of amides is 1. The number of hydrogen-bond acceptors (Lipinski definition) is 3. The molecule has 2 rings (SSSR count). The van der Waals surface area contributed by atoms with Gasteiger partial charge in [-0.1, -0.05) is 49.4 Å². The molecule has 0 saturated carbocycles. The zero-order valence-corrected chi connectivity index (χ0v) is 12.6. The fourth-order valence-electron chi connectivity index (χ4n) is 1.92. The highest BCUT2D eigenvalue weighted by Crippen LogP contribution is 2.09. The monoisotopic (exact) mass is 303 g/mol. The summed E-state index contributed by atoms with van der Waals surface area (Å²) in [6.45, 7) is 2.05. The summed E-state index contributed by atoms with van der Waals surface area (Å²) in [6.07, 6.45) is 0.963. The van der Waals surface area contributed by atoms with Crippen LogP contribution in [0.15, 0.2) is 59.5 Å². The summed E-state index contributed by atoms with van der Waals surface area (Å²) in [7, 11) is -3.79. The van der Waals surface area contributed by atoms with Gasteiger partial charge < -0.3 is 0 Å². The topological polar surface area (TPSA) is 63.2 Å². The van der Waals surface area contributed by atoms with Crippen molar-refractivity contribution in [1.82, 2.24) is 4.72 Å². The van der Waals surface area contributed by atoms with Crippen LogP contribution in [0.2, 0.25) is 0 Å². The summed E-state index contributed by atoms with van der Waals surface area (Å²) in [5.74, 6) is -0.539. The van der Waals surface area contributed by atoms with Crippen LogP contribution < -0.4 is 4.72 Å². The van der Waals surface area contributed by atoms with Crippen molar-refractivity contribution in [2.75, 3.05) is 0 Å². The second-order valence-corrected chi connectivity index (χ2v) is 6.37. The van der Waals surface area contributed by atoms with Crippen LogP contribution in [0.5, 0.6) is 0 Å². The molecule has 0 unspecified atom stereocenters. The molecular weight excluding hydrogens is 286 g/mol. The van der Waals surface area contributed by atoms with Crippen molar-refractivity contribution in [2.45, 2.75) is 24.7 Å². The average Bonchev–Trinajstić information content (AvgIpc) is 2.48. The Labute approximate surface area is 124 Å². The standard InChI is InChI=1S/C16H17NO3S/c1-2-13-8-10-14(11-9-13)12-16(18)17-21(19,20)15-6-4-3-5-7-15/h3-11H,2,12H2,1H3,(H,17,18). The predicted molar refractivity (Wildman–Crippen MR) is 81.3 cm³/mol. The van der Waals surface area contributed by atoms with Crippen molar-refractivity contribution >= 4 is 15.9 Å². The zero-order chi connectivity index (χ0) is 15.3. The van der Waals surface area contributed by atoms with Gasteiger partial charge in [-0.25, -0.2) is 13.1 Å². The summed E-state index contributed by atoms with van der Waals surface area (Å²) in [5, 5.41) is 0. The summed E-state index contributed by atoms with van der Waals surface area (Å²) in [6, 6.07) is 15.4. The van der Waals surface area contributed by atoms with Gasteiger partial charge in [0.25, 0.3) is 10.0 Å². The van der Waals surface area contributed by atoms with Gasteiger partial charge in [0.05, 0.1) is 11.3 Å². The van der Waals surface area contributed by atoms with Crippen molar-refractivity contribution < 1.29 is 13.2 Å². The first kappa shape index (κ1) is 15.3. The van der Waals surface area contributed by atoms with Crippen molar-refractivity contribution in [3.8, 4) is 0 Å². The van der Waals surface area contributed by atoms with Gasteiger partial charge >= 0.3 is 0 Å². The molecule has 0 saturated heterocycles. The molecule has 21 heavy (non-hydrogen) atoms. The van der Waals surface area contributed by atoms with E-state index >= 15 is 0 Å². The first-order valence-electron chi connectivity index (χ1n) is 6.70. The van der Waals surface area contributed by atoms with E-state index in [1.165, 1.54) is 17.7 Å². The van der Waals surface area contributed by atoms with Gasteiger partial charge in [0, 0.05) is 0 Å². The summed E-state index contributed by atoms with van der Waals surface area (Å²) in [5.41, 5.74) is 1.96. The number of carbonyl (C=O) groups excluding carboxylic acids is 1. The largest absolute Gasteiger partial charge is 0.274 e. The Kier molecular flexibility index (Phi) is 4.75. The zero-order valence-electron chi connectivity index (χ0n) is 11.7. The minimum atomic E-state index is -3.79. The van der Waals surface area contributed by atoms with E-state index in [1.807, 2.05) is 31.2 Å². The highest BCUT2D eigenvalue weighted by atomic mass is 32.2. The van der Waals surface area contributed by atoms with Crippen LogP contribution in [0.3, 0.4) is 0 Å². The van der Waals surface area contributed by atoms with Crippen LogP contribution >= 0.6 is 0 Å². The van der Waals surface area contributed by atoms with Crippen LogP contribution in [0, 0.1) is 0 Å². The SMILES string of the molecule is CCc1ccc(CC(=O)NS(=O)(=O)c2ccccc2)cc1. The molecule has 0 atom stereocenters. The normalized spacial score (nSPS) is 11.1. The van der Waals surface area contributed by atoms with Gasteiger partial charge in [-0.05, 0) is 29.7 Å². The third-order valence-corrected chi connectivity index (χ3v) is 4.49. The molecular formula is C16H17NO3S. The van der Waals surface area contributed by atoms with E-state index in [9.17, 15) is 13.2 Å². The van der Waals surface area contributed by atoms with E-state index in [4.69, 9.17) is 0 Å². The maximum atomic E-state index is 12.0. The van der Waals surface area contributed by atoms with E-state index in [2.05, 4.69) is 4.72 Å². The molecule has 0 aliphatic carbocycles. The molecule has 110 valence electrons. The molecule has 1 amide bonds. The number of benzene rings is 2. The smallest absolute Gasteiger partial charge is 0.264 e. The van der Waals surface area contributed by atoms with Crippen molar-refractivity contribution in [3.63, 3.8) is 0 Å². The molecule has 2 aromatic rings. The molecule has 0 aromatic heterocycles. The lowest BCUT2D eigenvalue weighted by Gasteiger charge is -2.07. The highest BCUT2D eigenvalue weighted by Gasteiger charge is 2.17. The van der Waals surface area contributed by atoms with Gasteiger partial charge in [0.1, 0.15) is 0 Å². The number of aryl methyl sites for hydroxylation is 1. The second-order valence-electron chi connectivity index (χ2n) is 4.69. The molecule has 0 heterocycles. The number of hydrogen-bond donors (Lipinski definition) is 1. The van der Waals surface area contributed by atoms with Crippen molar-refractivity contribution in [1.29, 1.82) is 0 Å². The third kappa shape index (κ3) is 4.16. The number of rotatable bonds is 5. The van der Waals surface area contributed by atoms with E-state index in [1.54, 1.807) is 18.2 Å². The van der Waals surface area contributed by atoms with Gasteiger partial charge in [-0.15, -0.1) is 0 Å². The van der Waals surface area contributed by atoms with Crippen molar-refractivity contribution in [3.05, 3.63) is 65.7 Å². The first-order chi connectivity index (χ1) is 10.0. The Bertz CT molecular complexity index is 707.